The van der Waals surface area contributed by atoms with Crippen LogP contribution in [0.1, 0.15) is 26.3 Å². The molecule has 150 valence electrons. The second-order valence-electron chi connectivity index (χ2n) is 6.79. The normalized spacial score (nSPS) is 11.6. The first-order chi connectivity index (χ1) is 13.4. The van der Waals surface area contributed by atoms with Crippen molar-refractivity contribution in [1.82, 2.24) is 10.2 Å². The Kier molecular flexibility index (Phi) is 7.87. The average molecular weight is 384 g/mol. The third-order valence-electron chi connectivity index (χ3n) is 4.21. The Labute approximate surface area is 166 Å². The molecule has 0 spiro atoms. The Balaban J connectivity index is 2.14. The number of nitrogens with one attached hydrogen (secondary N) is 1. The van der Waals surface area contributed by atoms with Crippen LogP contribution in [-0.4, -0.2) is 42.5 Å². The third kappa shape index (κ3) is 6.01. The molecular weight excluding hydrogens is 356 g/mol. The minimum Gasteiger partial charge on any atom is -0.493 e. The third-order valence-corrected chi connectivity index (χ3v) is 4.21. The molecule has 1 N–H and O–H groups in total. The predicted octanol–water partition coefficient (Wildman–Crippen LogP) is 3.02. The molecule has 0 heterocycles. The molecule has 0 aromatic heterocycles. The van der Waals surface area contributed by atoms with E-state index in [2.05, 4.69) is 5.32 Å². The number of para-hydroxylation sites is 2. The summed E-state index contributed by atoms with van der Waals surface area (Å²) in [6.07, 6.45) is 0. The highest BCUT2D eigenvalue weighted by atomic mass is 16.5. The molecule has 0 saturated carbocycles. The molecule has 2 amide bonds. The van der Waals surface area contributed by atoms with E-state index in [9.17, 15) is 9.59 Å². The zero-order valence-electron chi connectivity index (χ0n) is 16.8. The van der Waals surface area contributed by atoms with Crippen LogP contribution in [0.3, 0.4) is 0 Å². The van der Waals surface area contributed by atoms with Gasteiger partial charge in [-0.3, -0.25) is 9.59 Å². The molecule has 0 fully saturated rings. The molecule has 0 saturated heterocycles. The van der Waals surface area contributed by atoms with E-state index >= 15 is 0 Å². The lowest BCUT2D eigenvalue weighted by atomic mass is 10.1. The molecular formula is C22H28N2O4. The quantitative estimate of drug-likeness (QED) is 0.722. The van der Waals surface area contributed by atoms with Crippen molar-refractivity contribution in [3.8, 4) is 11.5 Å². The first-order valence-corrected chi connectivity index (χ1v) is 9.32. The summed E-state index contributed by atoms with van der Waals surface area (Å²) in [5, 5.41) is 2.86. The van der Waals surface area contributed by atoms with Crippen molar-refractivity contribution in [3.05, 3.63) is 60.2 Å². The van der Waals surface area contributed by atoms with E-state index in [4.69, 9.17) is 9.47 Å². The number of nitrogens with zero attached hydrogens (tertiary/aromatic N) is 1. The highest BCUT2D eigenvalue weighted by Crippen LogP contribution is 2.25. The van der Waals surface area contributed by atoms with Gasteiger partial charge in [0.25, 0.3) is 5.91 Å². The zero-order chi connectivity index (χ0) is 20.5. The number of hydrogen-bond acceptors (Lipinski definition) is 4. The Morgan fingerprint density at radius 1 is 0.964 bits per heavy atom. The Morgan fingerprint density at radius 3 is 2.18 bits per heavy atom. The first kappa shape index (κ1) is 21.3. The summed E-state index contributed by atoms with van der Waals surface area (Å²) in [7, 11) is 1.55. The van der Waals surface area contributed by atoms with Crippen LogP contribution in [0.4, 0.5) is 0 Å². The van der Waals surface area contributed by atoms with Gasteiger partial charge >= 0.3 is 0 Å². The van der Waals surface area contributed by atoms with Crippen LogP contribution in [0.15, 0.2) is 54.6 Å². The smallest absolute Gasteiger partial charge is 0.261 e. The Morgan fingerprint density at radius 2 is 1.57 bits per heavy atom. The van der Waals surface area contributed by atoms with E-state index in [0.717, 1.165) is 5.56 Å². The van der Waals surface area contributed by atoms with Gasteiger partial charge in [0.2, 0.25) is 5.91 Å². The fourth-order valence-electron chi connectivity index (χ4n) is 2.73. The number of methoxy groups -OCH3 is 1. The van der Waals surface area contributed by atoms with Crippen molar-refractivity contribution < 1.29 is 19.1 Å². The molecule has 1 unspecified atom stereocenters. The van der Waals surface area contributed by atoms with Crippen molar-refractivity contribution in [3.63, 3.8) is 0 Å². The molecule has 1 atom stereocenters. The zero-order valence-corrected chi connectivity index (χ0v) is 16.8. The lowest BCUT2D eigenvalue weighted by Gasteiger charge is -2.29. The standard InChI is InChI=1S/C22H28N2O4/c1-16(2)23-22(26)17(3)24(14-18-10-6-5-7-11-18)21(25)15-28-20-13-9-8-12-19(20)27-4/h5-13,16-17H,14-15H2,1-4H3,(H,23,26). The van der Waals surface area contributed by atoms with E-state index in [-0.39, 0.29) is 24.5 Å². The fourth-order valence-corrected chi connectivity index (χ4v) is 2.73. The number of hydrogen-bond donors (Lipinski definition) is 1. The molecule has 0 aliphatic rings. The number of rotatable bonds is 9. The summed E-state index contributed by atoms with van der Waals surface area (Å²) in [6, 6.07) is 16.1. The number of amides is 2. The molecule has 28 heavy (non-hydrogen) atoms. The van der Waals surface area contributed by atoms with Crippen LogP contribution >= 0.6 is 0 Å². The number of carbonyl (C=O) groups excluding carboxylic acids is 2. The van der Waals surface area contributed by atoms with E-state index in [1.165, 1.54) is 4.90 Å². The SMILES string of the molecule is COc1ccccc1OCC(=O)N(Cc1ccccc1)C(C)C(=O)NC(C)C. The van der Waals surface area contributed by atoms with Gasteiger partial charge in [0.15, 0.2) is 18.1 Å². The van der Waals surface area contributed by atoms with Gasteiger partial charge in [0.05, 0.1) is 7.11 Å². The molecule has 2 rings (SSSR count). The summed E-state index contributed by atoms with van der Waals surface area (Å²) >= 11 is 0. The first-order valence-electron chi connectivity index (χ1n) is 9.32. The number of ether oxygens (including phenoxy) is 2. The largest absolute Gasteiger partial charge is 0.493 e. The summed E-state index contributed by atoms with van der Waals surface area (Å²) in [4.78, 5) is 27.0. The van der Waals surface area contributed by atoms with Crippen molar-refractivity contribution >= 4 is 11.8 Å². The molecule has 2 aromatic carbocycles. The maximum Gasteiger partial charge on any atom is 0.261 e. The van der Waals surface area contributed by atoms with Gasteiger partial charge in [0, 0.05) is 12.6 Å². The van der Waals surface area contributed by atoms with Crippen molar-refractivity contribution in [1.29, 1.82) is 0 Å². The molecule has 0 aliphatic carbocycles. The van der Waals surface area contributed by atoms with Crippen LogP contribution in [0.5, 0.6) is 11.5 Å². The molecule has 6 nitrogen and oxygen atoms in total. The molecule has 0 bridgehead atoms. The van der Waals surface area contributed by atoms with Crippen LogP contribution in [0, 0.1) is 0 Å². The Hall–Kier alpha value is -3.02. The Bertz CT molecular complexity index is 777. The number of carbonyl (C=O) groups is 2. The van der Waals surface area contributed by atoms with Gasteiger partial charge in [-0.2, -0.15) is 0 Å². The summed E-state index contributed by atoms with van der Waals surface area (Å²) in [5.41, 5.74) is 0.942. The van der Waals surface area contributed by atoms with Crippen LogP contribution < -0.4 is 14.8 Å². The van der Waals surface area contributed by atoms with Gasteiger partial charge in [-0.15, -0.1) is 0 Å². The minimum atomic E-state index is -0.628. The lowest BCUT2D eigenvalue weighted by molar-refractivity contribution is -0.142. The van der Waals surface area contributed by atoms with Crippen molar-refractivity contribution in [2.75, 3.05) is 13.7 Å². The monoisotopic (exact) mass is 384 g/mol. The van der Waals surface area contributed by atoms with Crippen LogP contribution in [0.2, 0.25) is 0 Å². The van der Waals surface area contributed by atoms with Gasteiger partial charge in [-0.1, -0.05) is 42.5 Å². The van der Waals surface area contributed by atoms with Gasteiger partial charge in [-0.05, 0) is 38.5 Å². The minimum absolute atomic E-state index is 0.00606. The maximum atomic E-state index is 12.9. The fraction of sp³-hybridized carbons (Fsp3) is 0.364. The second kappa shape index (κ2) is 10.3. The highest BCUT2D eigenvalue weighted by molar-refractivity contribution is 5.88. The lowest BCUT2D eigenvalue weighted by Crippen LogP contribution is -2.50. The predicted molar refractivity (Wildman–Crippen MR) is 108 cm³/mol. The molecule has 6 heteroatoms. The maximum absolute atomic E-state index is 12.9. The average Bonchev–Trinajstić information content (AvgIpc) is 2.70. The summed E-state index contributed by atoms with van der Waals surface area (Å²) in [5.74, 6) is 0.561. The highest BCUT2D eigenvalue weighted by Gasteiger charge is 2.27. The van der Waals surface area contributed by atoms with Crippen molar-refractivity contribution in [2.45, 2.75) is 39.4 Å². The van der Waals surface area contributed by atoms with E-state index < -0.39 is 6.04 Å². The number of benzene rings is 2. The van der Waals surface area contributed by atoms with Gasteiger partial charge in [0.1, 0.15) is 6.04 Å². The van der Waals surface area contributed by atoms with Crippen LogP contribution in [0.25, 0.3) is 0 Å². The van der Waals surface area contributed by atoms with E-state index in [0.29, 0.717) is 18.0 Å². The van der Waals surface area contributed by atoms with E-state index in [1.54, 1.807) is 26.2 Å². The summed E-state index contributed by atoms with van der Waals surface area (Å²) in [6.45, 7) is 5.63. The molecule has 2 aromatic rings. The second-order valence-corrected chi connectivity index (χ2v) is 6.79. The topological polar surface area (TPSA) is 67.9 Å². The van der Waals surface area contributed by atoms with Gasteiger partial charge < -0.3 is 19.7 Å². The molecule has 0 radical (unpaired) electrons. The van der Waals surface area contributed by atoms with E-state index in [1.807, 2.05) is 56.3 Å². The van der Waals surface area contributed by atoms with Gasteiger partial charge in [-0.25, -0.2) is 0 Å². The van der Waals surface area contributed by atoms with Crippen molar-refractivity contribution in [2.24, 2.45) is 0 Å². The van der Waals surface area contributed by atoms with Crippen LogP contribution in [-0.2, 0) is 16.1 Å². The summed E-state index contributed by atoms with van der Waals surface area (Å²) < 4.78 is 10.9. The molecule has 0 aliphatic heterocycles.